The Kier molecular flexibility index (Phi) is 4.42. The summed E-state index contributed by atoms with van der Waals surface area (Å²) in [5, 5.41) is 8.07. The van der Waals surface area contributed by atoms with Crippen molar-refractivity contribution in [3.8, 4) is 5.88 Å². The van der Waals surface area contributed by atoms with E-state index in [0.29, 0.717) is 30.0 Å². The van der Waals surface area contributed by atoms with Gasteiger partial charge >= 0.3 is 0 Å². The Morgan fingerprint density at radius 3 is 2.78 bits per heavy atom. The number of aromatic nitrogens is 4. The van der Waals surface area contributed by atoms with Crippen LogP contribution in [-0.2, 0) is 4.74 Å². The lowest BCUT2D eigenvalue weighted by Crippen LogP contribution is -2.26. The first-order valence-corrected chi connectivity index (χ1v) is 7.65. The first kappa shape index (κ1) is 15.7. The molecule has 1 saturated heterocycles. The fraction of sp³-hybridized carbons (Fsp3) is 0.600. The van der Waals surface area contributed by atoms with Crippen molar-refractivity contribution in [3.63, 3.8) is 0 Å². The number of hydrogen-bond acceptors (Lipinski definition) is 8. The van der Waals surface area contributed by atoms with Crippen LogP contribution in [0, 0.1) is 6.92 Å². The monoisotopic (exact) mass is 319 g/mol. The van der Waals surface area contributed by atoms with Gasteiger partial charge in [-0.25, -0.2) is 0 Å². The molecule has 1 aliphatic rings. The minimum atomic E-state index is -0.0789. The first-order valence-electron chi connectivity index (χ1n) is 7.65. The molecule has 2 aromatic heterocycles. The average Bonchev–Trinajstić information content (AvgIpc) is 3.12. The summed E-state index contributed by atoms with van der Waals surface area (Å²) < 4.78 is 16.7. The summed E-state index contributed by atoms with van der Waals surface area (Å²) in [5.41, 5.74) is 0. The van der Waals surface area contributed by atoms with Crippen molar-refractivity contribution in [1.82, 2.24) is 20.2 Å². The number of rotatable bonds is 5. The molecule has 0 amide bonds. The van der Waals surface area contributed by atoms with Crippen molar-refractivity contribution in [1.29, 1.82) is 0 Å². The highest BCUT2D eigenvalue weighted by molar-refractivity contribution is 5.42. The van der Waals surface area contributed by atoms with Crippen LogP contribution in [0.3, 0.4) is 0 Å². The number of ether oxygens (including phenoxy) is 2. The van der Waals surface area contributed by atoms with E-state index >= 15 is 0 Å². The zero-order valence-electron chi connectivity index (χ0n) is 13.8. The molecule has 0 bridgehead atoms. The maximum absolute atomic E-state index is 5.63. The Balaban J connectivity index is 1.89. The van der Waals surface area contributed by atoms with Gasteiger partial charge in [0.05, 0.1) is 24.6 Å². The van der Waals surface area contributed by atoms with Crippen molar-refractivity contribution in [2.75, 3.05) is 18.6 Å². The lowest BCUT2D eigenvalue weighted by Gasteiger charge is -2.23. The lowest BCUT2D eigenvalue weighted by molar-refractivity contribution is 0.117. The maximum Gasteiger partial charge on any atom is 0.238 e. The van der Waals surface area contributed by atoms with Crippen molar-refractivity contribution in [2.24, 2.45) is 0 Å². The minimum Gasteiger partial charge on any atom is -0.474 e. The van der Waals surface area contributed by atoms with E-state index in [1.165, 1.54) is 0 Å². The topological polar surface area (TPSA) is 86.4 Å². The molecule has 3 heterocycles. The van der Waals surface area contributed by atoms with E-state index in [1.54, 1.807) is 26.4 Å². The molecule has 0 radical (unpaired) electrons. The van der Waals surface area contributed by atoms with E-state index in [-0.39, 0.29) is 18.2 Å². The van der Waals surface area contributed by atoms with Crippen molar-refractivity contribution >= 4 is 5.82 Å². The quantitative estimate of drug-likeness (QED) is 0.826. The first-order chi connectivity index (χ1) is 11.1. The SMILES string of the molecule is CO[C@@H]1C[C@H](c2nnc(C)o2)N(c2cncc(OC(C)C)n2)C1. The second kappa shape index (κ2) is 6.49. The predicted molar refractivity (Wildman–Crippen MR) is 82.3 cm³/mol. The molecule has 124 valence electrons. The van der Waals surface area contributed by atoms with E-state index < -0.39 is 0 Å². The second-order valence-electron chi connectivity index (χ2n) is 5.80. The third kappa shape index (κ3) is 3.42. The van der Waals surface area contributed by atoms with Crippen LogP contribution in [-0.4, -0.2) is 46.0 Å². The van der Waals surface area contributed by atoms with Crippen LogP contribution in [0.15, 0.2) is 16.8 Å². The van der Waals surface area contributed by atoms with Crippen molar-refractivity contribution in [3.05, 3.63) is 24.2 Å². The second-order valence-corrected chi connectivity index (χ2v) is 5.80. The zero-order valence-corrected chi connectivity index (χ0v) is 13.8. The molecular weight excluding hydrogens is 298 g/mol. The molecule has 0 aliphatic carbocycles. The molecule has 1 aliphatic heterocycles. The molecule has 2 aromatic rings. The largest absolute Gasteiger partial charge is 0.474 e. The summed E-state index contributed by atoms with van der Waals surface area (Å²) in [6.45, 7) is 6.37. The molecule has 23 heavy (non-hydrogen) atoms. The molecule has 0 spiro atoms. The molecule has 2 atom stereocenters. The van der Waals surface area contributed by atoms with Gasteiger partial charge in [-0.1, -0.05) is 0 Å². The van der Waals surface area contributed by atoms with Gasteiger partial charge in [0.1, 0.15) is 6.04 Å². The summed E-state index contributed by atoms with van der Waals surface area (Å²) in [6.07, 6.45) is 4.19. The van der Waals surface area contributed by atoms with Gasteiger partial charge in [-0.2, -0.15) is 4.98 Å². The molecule has 0 saturated carbocycles. The van der Waals surface area contributed by atoms with E-state index in [4.69, 9.17) is 13.9 Å². The highest BCUT2D eigenvalue weighted by atomic mass is 16.5. The Labute approximate surface area is 134 Å². The standard InChI is InChI=1S/C15H21N5O3/c1-9(2)22-14-7-16-6-13(17-14)20-8-11(21-4)5-12(20)15-19-18-10(3)23-15/h6-7,9,11-12H,5,8H2,1-4H3/t11-,12-/m1/s1. The molecule has 1 fully saturated rings. The van der Waals surface area contributed by atoms with Gasteiger partial charge < -0.3 is 18.8 Å². The van der Waals surface area contributed by atoms with E-state index in [2.05, 4.69) is 25.1 Å². The van der Waals surface area contributed by atoms with Crippen molar-refractivity contribution in [2.45, 2.75) is 45.4 Å². The third-order valence-corrected chi connectivity index (χ3v) is 3.67. The highest BCUT2D eigenvalue weighted by Crippen LogP contribution is 2.36. The number of anilines is 1. The van der Waals surface area contributed by atoms with E-state index in [1.807, 2.05) is 13.8 Å². The van der Waals surface area contributed by atoms with E-state index in [9.17, 15) is 0 Å². The zero-order chi connectivity index (χ0) is 16.4. The van der Waals surface area contributed by atoms with E-state index in [0.717, 1.165) is 6.42 Å². The van der Waals surface area contributed by atoms with Crippen LogP contribution in [0.5, 0.6) is 5.88 Å². The van der Waals surface area contributed by atoms with Gasteiger partial charge in [-0.3, -0.25) is 4.98 Å². The van der Waals surface area contributed by atoms with Gasteiger partial charge in [0.2, 0.25) is 17.7 Å². The van der Waals surface area contributed by atoms with Gasteiger partial charge in [0.15, 0.2) is 5.82 Å². The third-order valence-electron chi connectivity index (χ3n) is 3.67. The Hall–Kier alpha value is -2.22. The van der Waals surface area contributed by atoms with Crippen LogP contribution in [0.4, 0.5) is 5.82 Å². The fourth-order valence-electron chi connectivity index (χ4n) is 2.68. The molecule has 8 heteroatoms. The van der Waals surface area contributed by atoms with Crippen LogP contribution in [0.1, 0.15) is 38.1 Å². The molecular formula is C15H21N5O3. The lowest BCUT2D eigenvalue weighted by atomic mass is 10.2. The maximum atomic E-state index is 5.63. The summed E-state index contributed by atoms with van der Waals surface area (Å²) >= 11 is 0. The summed E-state index contributed by atoms with van der Waals surface area (Å²) in [4.78, 5) is 10.8. The van der Waals surface area contributed by atoms with Gasteiger partial charge in [0.25, 0.3) is 0 Å². The molecule has 8 nitrogen and oxygen atoms in total. The number of nitrogens with zero attached hydrogens (tertiary/aromatic N) is 5. The van der Waals surface area contributed by atoms with Crippen LogP contribution in [0.2, 0.25) is 0 Å². The average molecular weight is 319 g/mol. The molecule has 0 aromatic carbocycles. The van der Waals surface area contributed by atoms with Gasteiger partial charge in [0, 0.05) is 27.0 Å². The fourth-order valence-corrected chi connectivity index (χ4v) is 2.68. The van der Waals surface area contributed by atoms with Crippen LogP contribution in [0.25, 0.3) is 0 Å². The Morgan fingerprint density at radius 2 is 2.13 bits per heavy atom. The van der Waals surface area contributed by atoms with Gasteiger partial charge in [-0.15, -0.1) is 10.2 Å². The Morgan fingerprint density at radius 1 is 1.30 bits per heavy atom. The Bertz CT molecular complexity index is 660. The minimum absolute atomic E-state index is 0.0410. The number of aryl methyl sites for hydroxylation is 1. The summed E-state index contributed by atoms with van der Waals surface area (Å²) in [5.74, 6) is 2.32. The van der Waals surface area contributed by atoms with Crippen LogP contribution < -0.4 is 9.64 Å². The summed E-state index contributed by atoms with van der Waals surface area (Å²) in [6, 6.07) is -0.0789. The number of hydrogen-bond donors (Lipinski definition) is 0. The highest BCUT2D eigenvalue weighted by Gasteiger charge is 2.37. The number of methoxy groups -OCH3 is 1. The van der Waals surface area contributed by atoms with Gasteiger partial charge in [-0.05, 0) is 13.8 Å². The smallest absolute Gasteiger partial charge is 0.238 e. The normalized spacial score (nSPS) is 21.2. The van der Waals surface area contributed by atoms with Crippen LogP contribution >= 0.6 is 0 Å². The molecule has 0 unspecified atom stereocenters. The molecule has 0 N–H and O–H groups in total. The molecule has 3 rings (SSSR count). The van der Waals surface area contributed by atoms with Crippen molar-refractivity contribution < 1.29 is 13.9 Å². The summed E-state index contributed by atoms with van der Waals surface area (Å²) in [7, 11) is 1.70. The predicted octanol–water partition coefficient (Wildman–Crippen LogP) is 1.92.